The SMILES string of the molecule is Cc1cccc(N(CC(=O)N(Cc2ccccc2Cl)[C@@H](Cc2ccccc2)C(=O)NC(C)(C)C)S(=O)(=O)c2ccccc2)c1. The molecule has 2 amide bonds. The molecule has 0 heterocycles. The zero-order chi connectivity index (χ0) is 31.9. The second-order valence-electron chi connectivity index (χ2n) is 11.7. The van der Waals surface area contributed by atoms with E-state index in [4.69, 9.17) is 11.6 Å². The molecule has 4 rings (SSSR count). The van der Waals surface area contributed by atoms with Gasteiger partial charge < -0.3 is 10.2 Å². The lowest BCUT2D eigenvalue weighted by Crippen LogP contribution is -2.56. The Balaban J connectivity index is 1.82. The number of aryl methyl sites for hydroxylation is 1. The van der Waals surface area contributed by atoms with Gasteiger partial charge in [0.25, 0.3) is 10.0 Å². The van der Waals surface area contributed by atoms with Crippen LogP contribution in [0.5, 0.6) is 0 Å². The molecule has 0 bridgehead atoms. The number of sulfonamides is 1. The van der Waals surface area contributed by atoms with Crippen LogP contribution in [0.2, 0.25) is 5.02 Å². The van der Waals surface area contributed by atoms with E-state index in [1.165, 1.54) is 17.0 Å². The van der Waals surface area contributed by atoms with Gasteiger partial charge in [-0.1, -0.05) is 90.5 Å². The zero-order valence-electron chi connectivity index (χ0n) is 25.4. The van der Waals surface area contributed by atoms with Crippen LogP contribution >= 0.6 is 11.6 Å². The highest BCUT2D eigenvalue weighted by atomic mass is 35.5. The van der Waals surface area contributed by atoms with Crippen molar-refractivity contribution in [2.75, 3.05) is 10.8 Å². The van der Waals surface area contributed by atoms with Gasteiger partial charge in [0.2, 0.25) is 11.8 Å². The Bertz CT molecular complexity index is 1690. The van der Waals surface area contributed by atoms with Crippen molar-refractivity contribution in [3.05, 3.63) is 131 Å². The molecule has 0 aromatic heterocycles. The minimum atomic E-state index is -4.15. The van der Waals surface area contributed by atoms with E-state index in [1.807, 2.05) is 70.2 Å². The van der Waals surface area contributed by atoms with Gasteiger partial charge in [-0.3, -0.25) is 13.9 Å². The van der Waals surface area contributed by atoms with Crippen molar-refractivity contribution >= 4 is 39.1 Å². The minimum Gasteiger partial charge on any atom is -0.350 e. The van der Waals surface area contributed by atoms with Gasteiger partial charge in [-0.25, -0.2) is 8.42 Å². The summed E-state index contributed by atoms with van der Waals surface area (Å²) >= 11 is 6.55. The first-order chi connectivity index (χ1) is 20.8. The number of hydrogen-bond donors (Lipinski definition) is 1. The molecule has 230 valence electrons. The lowest BCUT2D eigenvalue weighted by molar-refractivity contribution is -0.140. The second kappa shape index (κ2) is 14.1. The highest BCUT2D eigenvalue weighted by Gasteiger charge is 2.35. The Morgan fingerprint density at radius 2 is 1.45 bits per heavy atom. The van der Waals surface area contributed by atoms with Gasteiger partial charge in [-0.2, -0.15) is 0 Å². The molecule has 1 atom stereocenters. The summed E-state index contributed by atoms with van der Waals surface area (Å²) in [5.41, 5.74) is 2.10. The van der Waals surface area contributed by atoms with Crippen LogP contribution in [0.15, 0.2) is 114 Å². The second-order valence-corrected chi connectivity index (χ2v) is 14.0. The normalized spacial score (nSPS) is 12.3. The van der Waals surface area contributed by atoms with Crippen LogP contribution in [0, 0.1) is 6.92 Å². The average molecular weight is 632 g/mol. The smallest absolute Gasteiger partial charge is 0.264 e. The predicted octanol–water partition coefficient (Wildman–Crippen LogP) is 6.40. The van der Waals surface area contributed by atoms with E-state index in [-0.39, 0.29) is 23.8 Å². The van der Waals surface area contributed by atoms with Gasteiger partial charge in [0, 0.05) is 23.5 Å². The Hall–Kier alpha value is -4.14. The molecule has 0 fully saturated rings. The maximum absolute atomic E-state index is 14.5. The molecule has 0 aliphatic rings. The van der Waals surface area contributed by atoms with Crippen molar-refractivity contribution in [3.8, 4) is 0 Å². The predicted molar refractivity (Wildman–Crippen MR) is 176 cm³/mol. The van der Waals surface area contributed by atoms with Crippen LogP contribution < -0.4 is 9.62 Å². The first kappa shape index (κ1) is 32.8. The molecular weight excluding hydrogens is 594 g/mol. The molecule has 0 aliphatic carbocycles. The van der Waals surface area contributed by atoms with Crippen molar-refractivity contribution in [3.63, 3.8) is 0 Å². The van der Waals surface area contributed by atoms with Crippen LogP contribution in [0.4, 0.5) is 5.69 Å². The molecule has 9 heteroatoms. The van der Waals surface area contributed by atoms with E-state index in [2.05, 4.69) is 5.32 Å². The van der Waals surface area contributed by atoms with Crippen molar-refractivity contribution < 1.29 is 18.0 Å². The highest BCUT2D eigenvalue weighted by molar-refractivity contribution is 7.92. The Morgan fingerprint density at radius 1 is 0.841 bits per heavy atom. The number of nitrogens with one attached hydrogen (secondary N) is 1. The molecule has 4 aromatic rings. The van der Waals surface area contributed by atoms with Gasteiger partial charge in [0.1, 0.15) is 12.6 Å². The number of benzene rings is 4. The Labute approximate surface area is 265 Å². The van der Waals surface area contributed by atoms with Gasteiger partial charge in [0.15, 0.2) is 0 Å². The van der Waals surface area contributed by atoms with Crippen molar-refractivity contribution in [1.29, 1.82) is 0 Å². The van der Waals surface area contributed by atoms with Gasteiger partial charge in [0.05, 0.1) is 10.6 Å². The number of halogens is 1. The van der Waals surface area contributed by atoms with Crippen molar-refractivity contribution in [2.45, 2.75) is 57.1 Å². The number of anilines is 1. The van der Waals surface area contributed by atoms with E-state index in [1.54, 1.807) is 54.6 Å². The number of hydrogen-bond acceptors (Lipinski definition) is 4. The first-order valence-electron chi connectivity index (χ1n) is 14.4. The molecule has 44 heavy (non-hydrogen) atoms. The van der Waals surface area contributed by atoms with Gasteiger partial charge >= 0.3 is 0 Å². The van der Waals surface area contributed by atoms with E-state index >= 15 is 0 Å². The summed E-state index contributed by atoms with van der Waals surface area (Å²) in [6.45, 7) is 6.94. The van der Waals surface area contributed by atoms with Crippen LogP contribution in [-0.2, 0) is 32.6 Å². The van der Waals surface area contributed by atoms with Crippen LogP contribution in [0.3, 0.4) is 0 Å². The average Bonchev–Trinajstić information content (AvgIpc) is 2.98. The Morgan fingerprint density at radius 3 is 2.07 bits per heavy atom. The quantitative estimate of drug-likeness (QED) is 0.208. The molecule has 0 saturated heterocycles. The van der Waals surface area contributed by atoms with E-state index < -0.39 is 34.1 Å². The Kier molecular flexibility index (Phi) is 10.5. The minimum absolute atomic E-state index is 0.000607. The summed E-state index contributed by atoms with van der Waals surface area (Å²) in [7, 11) is -4.15. The molecule has 1 N–H and O–H groups in total. The number of rotatable bonds is 11. The van der Waals surface area contributed by atoms with Crippen LogP contribution in [-0.4, -0.2) is 43.3 Å². The third kappa shape index (κ3) is 8.49. The number of carbonyl (C=O) groups is 2. The van der Waals surface area contributed by atoms with Crippen LogP contribution in [0.25, 0.3) is 0 Å². The standard InChI is InChI=1S/C35H38ClN3O4S/c1-26-14-13-18-29(22-26)39(44(42,43)30-19-9-6-10-20-30)25-33(40)38(24-28-17-11-12-21-31(28)36)32(34(41)37-35(2,3)4)23-27-15-7-5-8-16-27/h5-22,32H,23-25H2,1-4H3,(H,37,41)/t32-/m0/s1. The fourth-order valence-electron chi connectivity index (χ4n) is 4.85. The molecule has 7 nitrogen and oxygen atoms in total. The summed E-state index contributed by atoms with van der Waals surface area (Å²) in [5, 5.41) is 3.46. The van der Waals surface area contributed by atoms with E-state index in [9.17, 15) is 18.0 Å². The fourth-order valence-corrected chi connectivity index (χ4v) is 6.47. The molecule has 0 unspecified atom stereocenters. The van der Waals surface area contributed by atoms with Gasteiger partial charge in [-0.05, 0) is 74.7 Å². The molecule has 0 spiro atoms. The lowest BCUT2D eigenvalue weighted by atomic mass is 10.0. The largest absolute Gasteiger partial charge is 0.350 e. The summed E-state index contributed by atoms with van der Waals surface area (Å²) in [5.74, 6) is -0.897. The molecule has 4 aromatic carbocycles. The zero-order valence-corrected chi connectivity index (χ0v) is 27.0. The fraction of sp³-hybridized carbons (Fsp3) is 0.257. The highest BCUT2D eigenvalue weighted by Crippen LogP contribution is 2.27. The first-order valence-corrected chi connectivity index (χ1v) is 16.2. The summed E-state index contributed by atoms with van der Waals surface area (Å²) in [6.07, 6.45) is 0.217. The van der Waals surface area contributed by atoms with E-state index in [0.29, 0.717) is 16.3 Å². The third-order valence-corrected chi connectivity index (χ3v) is 9.12. The number of carbonyl (C=O) groups excluding carboxylic acids is 2. The lowest BCUT2D eigenvalue weighted by Gasteiger charge is -2.35. The number of nitrogens with zero attached hydrogens (tertiary/aromatic N) is 2. The number of amides is 2. The molecular formula is C35H38ClN3O4S. The van der Waals surface area contributed by atoms with E-state index in [0.717, 1.165) is 15.4 Å². The van der Waals surface area contributed by atoms with Crippen molar-refractivity contribution in [1.82, 2.24) is 10.2 Å². The monoisotopic (exact) mass is 631 g/mol. The summed E-state index contributed by atoms with van der Waals surface area (Å²) in [6, 6.07) is 30.6. The third-order valence-electron chi connectivity index (χ3n) is 6.97. The molecule has 0 saturated carbocycles. The summed E-state index contributed by atoms with van der Waals surface area (Å²) < 4.78 is 29.2. The van der Waals surface area contributed by atoms with Gasteiger partial charge in [-0.15, -0.1) is 0 Å². The topological polar surface area (TPSA) is 86.8 Å². The molecule has 0 radical (unpaired) electrons. The maximum Gasteiger partial charge on any atom is 0.264 e. The van der Waals surface area contributed by atoms with Crippen molar-refractivity contribution in [2.24, 2.45) is 0 Å². The van der Waals surface area contributed by atoms with Crippen LogP contribution in [0.1, 0.15) is 37.5 Å². The summed E-state index contributed by atoms with van der Waals surface area (Å²) in [4.78, 5) is 29.9. The molecule has 0 aliphatic heterocycles. The maximum atomic E-state index is 14.5.